The summed E-state index contributed by atoms with van der Waals surface area (Å²) in [5.41, 5.74) is 0.414. The van der Waals surface area contributed by atoms with Gasteiger partial charge >= 0.3 is 5.97 Å². The zero-order valence-electron chi connectivity index (χ0n) is 12.2. The van der Waals surface area contributed by atoms with Crippen LogP contribution in [0.15, 0.2) is 30.3 Å². The molecule has 0 aromatic heterocycles. The van der Waals surface area contributed by atoms with Crippen LogP contribution in [0.5, 0.6) is 0 Å². The molecule has 2 rings (SSSR count). The first kappa shape index (κ1) is 14.6. The van der Waals surface area contributed by atoms with Crippen LogP contribution in [0.25, 0.3) is 0 Å². The van der Waals surface area contributed by atoms with Crippen LogP contribution in [0.2, 0.25) is 0 Å². The third-order valence-electron chi connectivity index (χ3n) is 3.92. The zero-order chi connectivity index (χ0) is 14.9. The van der Waals surface area contributed by atoms with Crippen molar-refractivity contribution >= 4 is 17.6 Å². The van der Waals surface area contributed by atoms with Gasteiger partial charge < -0.3 is 10.0 Å². The Morgan fingerprint density at radius 1 is 1.30 bits per heavy atom. The fourth-order valence-electron chi connectivity index (χ4n) is 3.02. The number of nitrogens with zero attached hydrogens (tertiary/aromatic N) is 1. The number of carbonyl (C=O) groups is 2. The van der Waals surface area contributed by atoms with Gasteiger partial charge in [0.2, 0.25) is 5.91 Å². The molecule has 1 aliphatic heterocycles. The number of carboxylic acids is 1. The molecular formula is C16H21NO3. The van der Waals surface area contributed by atoms with Crippen LogP contribution in [-0.4, -0.2) is 23.5 Å². The molecule has 2 unspecified atom stereocenters. The maximum absolute atomic E-state index is 12.6. The van der Waals surface area contributed by atoms with Gasteiger partial charge in [-0.25, -0.2) is 0 Å². The fraction of sp³-hybridized carbons (Fsp3) is 0.500. The van der Waals surface area contributed by atoms with Gasteiger partial charge in [-0.15, -0.1) is 0 Å². The predicted molar refractivity (Wildman–Crippen MR) is 77.5 cm³/mol. The molecule has 4 heteroatoms. The topological polar surface area (TPSA) is 57.6 Å². The standard InChI is InChI=1S/C16H21NO3/c1-16(2,3)13(15(19)20)12-9-10-17(14(12)18)11-7-5-4-6-8-11/h4-8,12-13H,9-10H2,1-3H3,(H,19,20). The average Bonchev–Trinajstić information content (AvgIpc) is 2.70. The number of hydrogen-bond donors (Lipinski definition) is 1. The van der Waals surface area contributed by atoms with Crippen LogP contribution < -0.4 is 4.90 Å². The monoisotopic (exact) mass is 275 g/mol. The van der Waals surface area contributed by atoms with Crippen molar-refractivity contribution < 1.29 is 14.7 Å². The second kappa shape index (κ2) is 5.27. The first-order valence-corrected chi connectivity index (χ1v) is 6.91. The molecular weight excluding hydrogens is 254 g/mol. The molecule has 1 saturated heterocycles. The molecule has 4 nitrogen and oxygen atoms in total. The third kappa shape index (κ3) is 2.69. The van der Waals surface area contributed by atoms with Gasteiger partial charge in [0.15, 0.2) is 0 Å². The average molecular weight is 275 g/mol. The van der Waals surface area contributed by atoms with Gasteiger partial charge in [-0.05, 0) is 24.0 Å². The summed E-state index contributed by atoms with van der Waals surface area (Å²) in [5.74, 6) is -2.04. The van der Waals surface area contributed by atoms with E-state index in [4.69, 9.17) is 0 Å². The minimum absolute atomic E-state index is 0.0708. The highest BCUT2D eigenvalue weighted by molar-refractivity contribution is 5.99. The molecule has 1 N–H and O–H groups in total. The van der Waals surface area contributed by atoms with E-state index < -0.39 is 23.2 Å². The molecule has 20 heavy (non-hydrogen) atoms. The second-order valence-corrected chi connectivity index (χ2v) is 6.40. The lowest BCUT2D eigenvalue weighted by Crippen LogP contribution is -2.39. The predicted octanol–water partition coefficient (Wildman–Crippen LogP) is 2.79. The molecule has 0 bridgehead atoms. The van der Waals surface area contributed by atoms with Crippen molar-refractivity contribution in [2.24, 2.45) is 17.3 Å². The van der Waals surface area contributed by atoms with Crippen LogP contribution in [0.1, 0.15) is 27.2 Å². The van der Waals surface area contributed by atoms with E-state index in [-0.39, 0.29) is 5.91 Å². The van der Waals surface area contributed by atoms with E-state index in [2.05, 4.69) is 0 Å². The van der Waals surface area contributed by atoms with E-state index in [9.17, 15) is 14.7 Å². The van der Waals surface area contributed by atoms with Crippen molar-refractivity contribution in [3.05, 3.63) is 30.3 Å². The molecule has 2 atom stereocenters. The Hall–Kier alpha value is -1.84. The number of para-hydroxylation sites is 1. The summed E-state index contributed by atoms with van der Waals surface area (Å²) >= 11 is 0. The number of hydrogen-bond acceptors (Lipinski definition) is 2. The molecule has 108 valence electrons. The summed E-state index contributed by atoms with van der Waals surface area (Å²) in [7, 11) is 0. The van der Waals surface area contributed by atoms with Crippen LogP contribution >= 0.6 is 0 Å². The van der Waals surface area contributed by atoms with Crippen LogP contribution in [0.4, 0.5) is 5.69 Å². The molecule has 1 fully saturated rings. The molecule has 1 aromatic carbocycles. The highest BCUT2D eigenvalue weighted by Gasteiger charge is 2.46. The SMILES string of the molecule is CC(C)(C)C(C(=O)O)C1CCN(c2ccccc2)C1=O. The molecule has 0 spiro atoms. The molecule has 0 aliphatic carbocycles. The van der Waals surface area contributed by atoms with Crippen molar-refractivity contribution in [1.82, 2.24) is 0 Å². The second-order valence-electron chi connectivity index (χ2n) is 6.40. The van der Waals surface area contributed by atoms with E-state index in [1.165, 1.54) is 0 Å². The number of anilines is 1. The first-order valence-electron chi connectivity index (χ1n) is 6.91. The summed E-state index contributed by atoms with van der Waals surface area (Å²) in [6.45, 7) is 6.23. The fourth-order valence-corrected chi connectivity index (χ4v) is 3.02. The van der Waals surface area contributed by atoms with Gasteiger partial charge in [-0.1, -0.05) is 39.0 Å². The Kier molecular flexibility index (Phi) is 3.84. The summed E-state index contributed by atoms with van der Waals surface area (Å²) in [6, 6.07) is 9.43. The Bertz CT molecular complexity index is 504. The summed E-state index contributed by atoms with van der Waals surface area (Å²) < 4.78 is 0. The normalized spacial score (nSPS) is 21.1. The van der Waals surface area contributed by atoms with E-state index in [0.717, 1.165) is 5.69 Å². The van der Waals surface area contributed by atoms with Crippen molar-refractivity contribution in [2.45, 2.75) is 27.2 Å². The van der Waals surface area contributed by atoms with Crippen molar-refractivity contribution in [2.75, 3.05) is 11.4 Å². The highest BCUT2D eigenvalue weighted by Crippen LogP contribution is 2.39. The number of benzene rings is 1. The number of aliphatic carboxylic acids is 1. The molecule has 0 saturated carbocycles. The minimum Gasteiger partial charge on any atom is -0.481 e. The molecule has 1 aliphatic rings. The molecule has 0 radical (unpaired) electrons. The number of carboxylic acid groups (broad SMARTS) is 1. The maximum atomic E-state index is 12.6. The van der Waals surface area contributed by atoms with Crippen LogP contribution in [0.3, 0.4) is 0 Å². The van der Waals surface area contributed by atoms with Crippen molar-refractivity contribution in [3.8, 4) is 0 Å². The Morgan fingerprint density at radius 3 is 2.40 bits per heavy atom. The number of carbonyl (C=O) groups excluding carboxylic acids is 1. The van der Waals surface area contributed by atoms with Gasteiger partial charge in [-0.2, -0.15) is 0 Å². The minimum atomic E-state index is -0.884. The number of rotatable bonds is 3. The lowest BCUT2D eigenvalue weighted by molar-refractivity contribution is -0.150. The quantitative estimate of drug-likeness (QED) is 0.922. The summed E-state index contributed by atoms with van der Waals surface area (Å²) in [6.07, 6.45) is 0.599. The van der Waals surface area contributed by atoms with Gasteiger partial charge in [0.25, 0.3) is 0 Å². The van der Waals surface area contributed by atoms with Gasteiger partial charge in [0.1, 0.15) is 0 Å². The largest absolute Gasteiger partial charge is 0.481 e. The third-order valence-corrected chi connectivity index (χ3v) is 3.92. The van der Waals surface area contributed by atoms with E-state index in [1.54, 1.807) is 4.90 Å². The smallest absolute Gasteiger partial charge is 0.307 e. The van der Waals surface area contributed by atoms with Gasteiger partial charge in [0.05, 0.1) is 11.8 Å². The van der Waals surface area contributed by atoms with Crippen molar-refractivity contribution in [3.63, 3.8) is 0 Å². The van der Waals surface area contributed by atoms with Crippen LogP contribution in [0, 0.1) is 17.3 Å². The Morgan fingerprint density at radius 2 is 1.90 bits per heavy atom. The lowest BCUT2D eigenvalue weighted by Gasteiger charge is -2.31. The van der Waals surface area contributed by atoms with Crippen molar-refractivity contribution in [1.29, 1.82) is 0 Å². The Balaban J connectivity index is 2.25. The summed E-state index contributed by atoms with van der Waals surface area (Å²) in [4.78, 5) is 25.8. The Labute approximate surface area is 119 Å². The van der Waals surface area contributed by atoms with E-state index >= 15 is 0 Å². The molecule has 1 aromatic rings. The highest BCUT2D eigenvalue weighted by atomic mass is 16.4. The zero-order valence-corrected chi connectivity index (χ0v) is 12.2. The van der Waals surface area contributed by atoms with Crippen LogP contribution in [-0.2, 0) is 9.59 Å². The molecule has 1 amide bonds. The van der Waals surface area contributed by atoms with E-state index in [1.807, 2.05) is 51.1 Å². The summed E-state index contributed by atoms with van der Waals surface area (Å²) in [5, 5.41) is 9.47. The van der Waals surface area contributed by atoms with Gasteiger partial charge in [-0.3, -0.25) is 9.59 Å². The van der Waals surface area contributed by atoms with Gasteiger partial charge in [0, 0.05) is 12.2 Å². The maximum Gasteiger partial charge on any atom is 0.307 e. The molecule has 1 heterocycles. The van der Waals surface area contributed by atoms with E-state index in [0.29, 0.717) is 13.0 Å². The lowest BCUT2D eigenvalue weighted by atomic mass is 9.72. The number of amides is 1. The first-order chi connectivity index (χ1) is 9.32.